The molecule has 0 radical (unpaired) electrons. The highest BCUT2D eigenvalue weighted by molar-refractivity contribution is 7.17. The summed E-state index contributed by atoms with van der Waals surface area (Å²) in [6.45, 7) is 0.668. The van der Waals surface area contributed by atoms with Gasteiger partial charge in [0.2, 0.25) is 0 Å². The predicted molar refractivity (Wildman–Crippen MR) is 91.5 cm³/mol. The highest BCUT2D eigenvalue weighted by Gasteiger charge is 2.21. The second kappa shape index (κ2) is 6.37. The number of thiazole rings is 1. The number of carbonyl (C=O) groups is 2. The van der Waals surface area contributed by atoms with Crippen molar-refractivity contribution in [2.45, 2.75) is 12.8 Å². The Kier molecular flexibility index (Phi) is 4.29. The van der Waals surface area contributed by atoms with Crippen molar-refractivity contribution in [2.24, 2.45) is 0 Å². The van der Waals surface area contributed by atoms with E-state index < -0.39 is 0 Å². The van der Waals surface area contributed by atoms with Gasteiger partial charge in [0, 0.05) is 31.9 Å². The maximum Gasteiger partial charge on any atom is 0.263 e. The second-order valence-electron chi connectivity index (χ2n) is 5.55. The fourth-order valence-electron chi connectivity index (χ4n) is 2.37. The van der Waals surface area contributed by atoms with Gasteiger partial charge in [-0.3, -0.25) is 14.9 Å². The van der Waals surface area contributed by atoms with Crippen molar-refractivity contribution >= 4 is 34.0 Å². The summed E-state index contributed by atoms with van der Waals surface area (Å²) in [6.07, 6.45) is 1.61. The smallest absolute Gasteiger partial charge is 0.263 e. The van der Waals surface area contributed by atoms with Crippen LogP contribution in [0.3, 0.4) is 0 Å². The van der Waals surface area contributed by atoms with Crippen LogP contribution in [0.25, 0.3) is 0 Å². The van der Waals surface area contributed by atoms with Crippen LogP contribution in [0.1, 0.15) is 32.1 Å². The minimum Gasteiger partial charge on any atom is -0.378 e. The van der Waals surface area contributed by atoms with Gasteiger partial charge in [-0.2, -0.15) is 0 Å². The van der Waals surface area contributed by atoms with Crippen molar-refractivity contribution in [3.8, 4) is 0 Å². The first kappa shape index (κ1) is 15.5. The van der Waals surface area contributed by atoms with E-state index >= 15 is 0 Å². The third kappa shape index (κ3) is 3.34. The normalized spacial score (nSPS) is 13.7. The number of nitrogens with zero attached hydrogens (tertiary/aromatic N) is 2. The maximum atomic E-state index is 12.3. The Bertz CT molecular complexity index is 737. The number of hydrogen-bond donors (Lipinski definition) is 2. The van der Waals surface area contributed by atoms with E-state index in [0.29, 0.717) is 22.1 Å². The Morgan fingerprint density at radius 2 is 2.04 bits per heavy atom. The number of anilines is 2. The minimum absolute atomic E-state index is 0.106. The summed E-state index contributed by atoms with van der Waals surface area (Å²) < 4.78 is 0. The molecule has 0 bridgehead atoms. The third-order valence-corrected chi connectivity index (χ3v) is 4.66. The highest BCUT2D eigenvalue weighted by atomic mass is 32.1. The number of amides is 2. The molecule has 1 aliphatic rings. The summed E-state index contributed by atoms with van der Waals surface area (Å²) in [5.41, 5.74) is 2.35. The lowest BCUT2D eigenvalue weighted by molar-refractivity contribution is 0.0958. The molecule has 2 aromatic rings. The third-order valence-electron chi connectivity index (χ3n) is 3.65. The van der Waals surface area contributed by atoms with Gasteiger partial charge >= 0.3 is 0 Å². The topological polar surface area (TPSA) is 74.3 Å². The van der Waals surface area contributed by atoms with E-state index in [1.54, 1.807) is 12.1 Å². The van der Waals surface area contributed by atoms with Crippen molar-refractivity contribution in [3.05, 3.63) is 40.4 Å². The van der Waals surface area contributed by atoms with Gasteiger partial charge in [0.15, 0.2) is 5.13 Å². The molecule has 2 heterocycles. The molecule has 23 heavy (non-hydrogen) atoms. The van der Waals surface area contributed by atoms with Gasteiger partial charge < -0.3 is 10.2 Å². The van der Waals surface area contributed by atoms with Gasteiger partial charge in [-0.1, -0.05) is 11.3 Å². The Morgan fingerprint density at radius 3 is 2.74 bits per heavy atom. The number of hydrogen-bond acceptors (Lipinski definition) is 5. The van der Waals surface area contributed by atoms with Crippen LogP contribution >= 0.6 is 11.3 Å². The number of aromatic nitrogens is 1. The maximum absolute atomic E-state index is 12.3. The van der Waals surface area contributed by atoms with Crippen LogP contribution in [0.4, 0.5) is 10.8 Å². The molecule has 1 aromatic carbocycles. The van der Waals surface area contributed by atoms with Gasteiger partial charge in [0.1, 0.15) is 4.88 Å². The van der Waals surface area contributed by atoms with Crippen LogP contribution in [0.2, 0.25) is 0 Å². The lowest BCUT2D eigenvalue weighted by Crippen LogP contribution is -2.21. The lowest BCUT2D eigenvalue weighted by atomic mass is 10.2. The molecule has 1 aromatic heterocycles. The van der Waals surface area contributed by atoms with Crippen molar-refractivity contribution in [1.82, 2.24) is 10.3 Å². The Morgan fingerprint density at radius 1 is 1.30 bits per heavy atom. The standard InChI is InChI=1S/C16H18N4O2S/c1-20(2)11-7-5-10(6-8-11)14(21)19-16-18-12-4-3-9-17-15(22)13(12)23-16/h5-8H,3-4,9H2,1-2H3,(H,17,22)(H,18,19,21). The van der Waals surface area contributed by atoms with Crippen LogP contribution < -0.4 is 15.5 Å². The van der Waals surface area contributed by atoms with E-state index in [9.17, 15) is 9.59 Å². The molecule has 0 saturated carbocycles. The average Bonchev–Trinajstić information content (AvgIpc) is 2.86. The van der Waals surface area contributed by atoms with Crippen LogP contribution in [0.15, 0.2) is 24.3 Å². The molecule has 1 aliphatic heterocycles. The molecule has 0 unspecified atom stereocenters. The number of fused-ring (bicyclic) bond motifs is 1. The number of rotatable bonds is 3. The van der Waals surface area contributed by atoms with Gasteiger partial charge in [0.25, 0.3) is 11.8 Å². The molecule has 0 aliphatic carbocycles. The monoisotopic (exact) mass is 330 g/mol. The van der Waals surface area contributed by atoms with Crippen molar-refractivity contribution in [2.75, 3.05) is 30.9 Å². The second-order valence-corrected chi connectivity index (χ2v) is 6.55. The zero-order valence-electron chi connectivity index (χ0n) is 13.0. The lowest BCUT2D eigenvalue weighted by Gasteiger charge is -2.12. The summed E-state index contributed by atoms with van der Waals surface area (Å²) in [7, 11) is 3.89. The molecule has 2 N–H and O–H groups in total. The van der Waals surface area contributed by atoms with Gasteiger partial charge in [-0.25, -0.2) is 4.98 Å². The Labute approximate surface area is 138 Å². The molecule has 0 fully saturated rings. The van der Waals surface area contributed by atoms with Gasteiger partial charge in [-0.05, 0) is 37.1 Å². The molecular weight excluding hydrogens is 312 g/mol. The highest BCUT2D eigenvalue weighted by Crippen LogP contribution is 2.26. The SMILES string of the molecule is CN(C)c1ccc(C(=O)Nc2nc3c(s2)C(=O)NCCC3)cc1. The summed E-state index contributed by atoms with van der Waals surface area (Å²) in [5.74, 6) is -0.328. The number of carbonyl (C=O) groups excluding carboxylic acids is 2. The van der Waals surface area contributed by atoms with Crippen molar-refractivity contribution in [3.63, 3.8) is 0 Å². The van der Waals surface area contributed by atoms with E-state index in [4.69, 9.17) is 0 Å². The summed E-state index contributed by atoms with van der Waals surface area (Å²) >= 11 is 1.22. The Balaban J connectivity index is 1.75. The quantitative estimate of drug-likeness (QED) is 0.904. The molecule has 0 saturated heterocycles. The molecule has 0 spiro atoms. The van der Waals surface area contributed by atoms with Crippen LogP contribution in [0.5, 0.6) is 0 Å². The molecule has 3 rings (SSSR count). The van der Waals surface area contributed by atoms with Crippen LogP contribution in [-0.2, 0) is 6.42 Å². The molecule has 0 atom stereocenters. The zero-order valence-corrected chi connectivity index (χ0v) is 13.9. The van der Waals surface area contributed by atoms with Crippen LogP contribution in [-0.4, -0.2) is 37.4 Å². The minimum atomic E-state index is -0.223. The van der Waals surface area contributed by atoms with Gasteiger partial charge in [0.05, 0.1) is 5.69 Å². The van der Waals surface area contributed by atoms with E-state index in [1.807, 2.05) is 31.1 Å². The number of benzene rings is 1. The molecule has 6 nitrogen and oxygen atoms in total. The fraction of sp³-hybridized carbons (Fsp3) is 0.312. The fourth-order valence-corrected chi connectivity index (χ4v) is 3.29. The van der Waals surface area contributed by atoms with E-state index in [1.165, 1.54) is 11.3 Å². The Hall–Kier alpha value is -2.41. The average molecular weight is 330 g/mol. The summed E-state index contributed by atoms with van der Waals surface area (Å²) in [5, 5.41) is 6.08. The molecule has 7 heteroatoms. The molecule has 120 valence electrons. The number of aryl methyl sites for hydroxylation is 1. The van der Waals surface area contributed by atoms with E-state index in [2.05, 4.69) is 15.6 Å². The predicted octanol–water partition coefficient (Wildman–Crippen LogP) is 2.14. The first-order valence-corrected chi connectivity index (χ1v) is 8.23. The van der Waals surface area contributed by atoms with E-state index in [-0.39, 0.29) is 11.8 Å². The first-order chi connectivity index (χ1) is 11.0. The van der Waals surface area contributed by atoms with Crippen LogP contribution in [0, 0.1) is 0 Å². The molecule has 2 amide bonds. The zero-order chi connectivity index (χ0) is 16.4. The van der Waals surface area contributed by atoms with Gasteiger partial charge in [-0.15, -0.1) is 0 Å². The van der Waals surface area contributed by atoms with E-state index in [0.717, 1.165) is 24.2 Å². The molecular formula is C16H18N4O2S. The summed E-state index contributed by atoms with van der Waals surface area (Å²) in [6, 6.07) is 7.32. The summed E-state index contributed by atoms with van der Waals surface area (Å²) in [4.78, 5) is 31.2. The van der Waals surface area contributed by atoms with Crippen molar-refractivity contribution in [1.29, 1.82) is 0 Å². The largest absolute Gasteiger partial charge is 0.378 e. The number of nitrogens with one attached hydrogen (secondary N) is 2. The van der Waals surface area contributed by atoms with Crippen molar-refractivity contribution < 1.29 is 9.59 Å². The first-order valence-electron chi connectivity index (χ1n) is 7.41.